The fourth-order valence-electron chi connectivity index (χ4n) is 2.46. The van der Waals surface area contributed by atoms with Crippen LogP contribution in [0, 0.1) is 0 Å². The Morgan fingerprint density at radius 1 is 1.40 bits per heavy atom. The number of hydrogen-bond donors (Lipinski definition) is 1. The van der Waals surface area contributed by atoms with Crippen LogP contribution in [0.5, 0.6) is 0 Å². The van der Waals surface area contributed by atoms with Crippen LogP contribution >= 0.6 is 11.8 Å². The van der Waals surface area contributed by atoms with Gasteiger partial charge in [0.25, 0.3) is 5.91 Å². The van der Waals surface area contributed by atoms with E-state index < -0.39 is 0 Å². The molecule has 0 bridgehead atoms. The van der Waals surface area contributed by atoms with Gasteiger partial charge in [-0.25, -0.2) is 0 Å². The molecule has 0 spiro atoms. The number of carbonyl (C=O) groups excluding carboxylic acids is 1. The normalized spacial score (nSPS) is 17.9. The van der Waals surface area contributed by atoms with Gasteiger partial charge in [0.2, 0.25) is 0 Å². The van der Waals surface area contributed by atoms with Crippen LogP contribution in [0.4, 0.5) is 11.4 Å². The highest BCUT2D eigenvalue weighted by atomic mass is 32.2. The summed E-state index contributed by atoms with van der Waals surface area (Å²) in [5.41, 5.74) is 8.52. The highest BCUT2D eigenvalue weighted by Crippen LogP contribution is 2.34. The van der Waals surface area contributed by atoms with Gasteiger partial charge in [0.15, 0.2) is 0 Å². The third kappa shape index (κ3) is 3.20. The van der Waals surface area contributed by atoms with Crippen LogP contribution in [0.15, 0.2) is 18.2 Å². The molecule has 1 aromatic rings. The minimum atomic E-state index is -0.0159. The fraction of sp³-hybridized carbons (Fsp3) is 0.533. The average molecular weight is 293 g/mol. The number of hydrogen-bond acceptors (Lipinski definition) is 4. The van der Waals surface area contributed by atoms with Crippen LogP contribution in [0.25, 0.3) is 0 Å². The van der Waals surface area contributed by atoms with Crippen molar-refractivity contribution in [2.75, 3.05) is 43.6 Å². The molecule has 20 heavy (non-hydrogen) atoms. The van der Waals surface area contributed by atoms with Crippen molar-refractivity contribution in [3.05, 3.63) is 23.8 Å². The Balaban J connectivity index is 2.24. The Labute approximate surface area is 125 Å². The van der Waals surface area contributed by atoms with E-state index in [9.17, 15) is 4.79 Å². The van der Waals surface area contributed by atoms with Crippen LogP contribution in [-0.4, -0.2) is 48.5 Å². The molecular weight excluding hydrogens is 270 g/mol. The van der Waals surface area contributed by atoms with Gasteiger partial charge in [-0.15, -0.1) is 0 Å². The molecule has 5 heteroatoms. The zero-order valence-corrected chi connectivity index (χ0v) is 13.5. The van der Waals surface area contributed by atoms with Gasteiger partial charge < -0.3 is 15.5 Å². The minimum absolute atomic E-state index is 0.0159. The highest BCUT2D eigenvalue weighted by molar-refractivity contribution is 8.00. The van der Waals surface area contributed by atoms with Gasteiger partial charge in [-0.2, -0.15) is 11.8 Å². The summed E-state index contributed by atoms with van der Waals surface area (Å²) in [4.78, 5) is 15.8. The number of anilines is 2. The molecule has 1 saturated heterocycles. The quantitative estimate of drug-likeness (QED) is 0.850. The second kappa shape index (κ2) is 5.56. The first kappa shape index (κ1) is 15.0. The van der Waals surface area contributed by atoms with Crippen molar-refractivity contribution >= 4 is 29.0 Å². The van der Waals surface area contributed by atoms with Gasteiger partial charge in [-0.1, -0.05) is 0 Å². The lowest BCUT2D eigenvalue weighted by Crippen LogP contribution is -2.43. The number of nitrogen functional groups attached to an aromatic ring is 1. The van der Waals surface area contributed by atoms with E-state index in [2.05, 4.69) is 18.7 Å². The summed E-state index contributed by atoms with van der Waals surface area (Å²) in [6.07, 6.45) is 0. The van der Waals surface area contributed by atoms with E-state index in [0.717, 1.165) is 24.5 Å². The lowest BCUT2D eigenvalue weighted by molar-refractivity contribution is 0.0827. The van der Waals surface area contributed by atoms with Gasteiger partial charge in [0.1, 0.15) is 0 Å². The molecule has 0 aromatic heterocycles. The molecule has 1 heterocycles. The number of nitrogens with two attached hydrogens (primary N) is 1. The van der Waals surface area contributed by atoms with Gasteiger partial charge in [-0.05, 0) is 32.0 Å². The van der Waals surface area contributed by atoms with Crippen LogP contribution in [0.2, 0.25) is 0 Å². The molecule has 110 valence electrons. The van der Waals surface area contributed by atoms with Crippen LogP contribution in [0.1, 0.15) is 24.2 Å². The van der Waals surface area contributed by atoms with Gasteiger partial charge in [0, 0.05) is 43.2 Å². The zero-order chi connectivity index (χ0) is 14.9. The third-order valence-corrected chi connectivity index (χ3v) is 4.74. The summed E-state index contributed by atoms with van der Waals surface area (Å²) in [6.45, 7) is 6.48. The molecule has 0 atom stereocenters. The fourth-order valence-corrected chi connectivity index (χ4v) is 3.57. The lowest BCUT2D eigenvalue weighted by atomic mass is 10.1. The van der Waals surface area contributed by atoms with E-state index in [1.807, 2.05) is 23.9 Å². The summed E-state index contributed by atoms with van der Waals surface area (Å²) in [7, 11) is 3.49. The van der Waals surface area contributed by atoms with Crippen molar-refractivity contribution in [3.63, 3.8) is 0 Å². The van der Waals surface area contributed by atoms with E-state index in [4.69, 9.17) is 5.73 Å². The molecule has 0 saturated carbocycles. The molecule has 1 amide bonds. The Hall–Kier alpha value is -1.36. The third-order valence-electron chi connectivity index (χ3n) is 3.45. The van der Waals surface area contributed by atoms with Crippen LogP contribution in [-0.2, 0) is 0 Å². The molecule has 2 rings (SSSR count). The number of amides is 1. The molecule has 1 aliphatic heterocycles. The van der Waals surface area contributed by atoms with E-state index in [1.54, 1.807) is 25.1 Å². The first-order chi connectivity index (χ1) is 9.30. The number of benzene rings is 1. The molecule has 1 fully saturated rings. The Morgan fingerprint density at radius 2 is 2.10 bits per heavy atom. The minimum Gasteiger partial charge on any atom is -0.397 e. The van der Waals surface area contributed by atoms with Crippen molar-refractivity contribution in [1.29, 1.82) is 0 Å². The molecule has 1 aromatic carbocycles. The highest BCUT2D eigenvalue weighted by Gasteiger charge is 2.28. The van der Waals surface area contributed by atoms with Crippen LogP contribution < -0.4 is 10.6 Å². The first-order valence-corrected chi connectivity index (χ1v) is 7.79. The van der Waals surface area contributed by atoms with E-state index >= 15 is 0 Å². The van der Waals surface area contributed by atoms with Crippen molar-refractivity contribution in [2.24, 2.45) is 0 Å². The number of nitrogens with zero attached hydrogens (tertiary/aromatic N) is 2. The van der Waals surface area contributed by atoms with Gasteiger partial charge in [0.05, 0.1) is 11.4 Å². The monoisotopic (exact) mass is 293 g/mol. The lowest BCUT2D eigenvalue weighted by Gasteiger charge is -2.39. The smallest absolute Gasteiger partial charge is 0.253 e. The summed E-state index contributed by atoms with van der Waals surface area (Å²) in [5, 5.41) is 0. The topological polar surface area (TPSA) is 49.6 Å². The Bertz CT molecular complexity index is 514. The van der Waals surface area contributed by atoms with Crippen molar-refractivity contribution in [2.45, 2.75) is 18.6 Å². The van der Waals surface area contributed by atoms with Gasteiger partial charge in [-0.3, -0.25) is 4.79 Å². The largest absolute Gasteiger partial charge is 0.397 e. The Kier molecular flexibility index (Phi) is 4.18. The van der Waals surface area contributed by atoms with Crippen molar-refractivity contribution < 1.29 is 4.79 Å². The SMILES string of the molecule is CN(C)C(=O)c1ccc(N2CCSC(C)(C)C2)c(N)c1. The van der Waals surface area contributed by atoms with Crippen LogP contribution in [0.3, 0.4) is 0 Å². The summed E-state index contributed by atoms with van der Waals surface area (Å²) in [6, 6.07) is 5.62. The second-order valence-electron chi connectivity index (χ2n) is 6.00. The molecule has 2 N–H and O–H groups in total. The van der Waals surface area contributed by atoms with E-state index in [0.29, 0.717) is 11.3 Å². The average Bonchev–Trinajstić information content (AvgIpc) is 2.36. The molecular formula is C15H23N3OS. The number of rotatable bonds is 2. The summed E-state index contributed by atoms with van der Waals surface area (Å²) < 4.78 is 0.239. The van der Waals surface area contributed by atoms with E-state index in [1.165, 1.54) is 0 Å². The van der Waals surface area contributed by atoms with Crippen molar-refractivity contribution in [3.8, 4) is 0 Å². The zero-order valence-electron chi connectivity index (χ0n) is 12.6. The summed E-state index contributed by atoms with van der Waals surface area (Å²) >= 11 is 1.99. The number of thioether (sulfide) groups is 1. The second-order valence-corrected chi connectivity index (χ2v) is 7.80. The number of carbonyl (C=O) groups is 1. The maximum Gasteiger partial charge on any atom is 0.253 e. The van der Waals surface area contributed by atoms with Gasteiger partial charge >= 0.3 is 0 Å². The molecule has 1 aliphatic rings. The maximum absolute atomic E-state index is 11.9. The maximum atomic E-state index is 11.9. The first-order valence-electron chi connectivity index (χ1n) is 6.80. The molecule has 4 nitrogen and oxygen atoms in total. The van der Waals surface area contributed by atoms with E-state index in [-0.39, 0.29) is 10.7 Å². The predicted octanol–water partition coefficient (Wildman–Crippen LogP) is 2.30. The van der Waals surface area contributed by atoms with Crippen molar-refractivity contribution in [1.82, 2.24) is 4.90 Å². The molecule has 0 aliphatic carbocycles. The standard InChI is InChI=1S/C15H23N3OS/c1-15(2)10-18(7-8-20-15)13-6-5-11(9-12(13)16)14(19)17(3)4/h5-6,9H,7-8,10,16H2,1-4H3. The summed E-state index contributed by atoms with van der Waals surface area (Å²) in [5.74, 6) is 1.09. The predicted molar refractivity (Wildman–Crippen MR) is 87.6 cm³/mol. The molecule has 0 unspecified atom stereocenters. The Morgan fingerprint density at radius 3 is 2.65 bits per heavy atom. The molecule has 0 radical (unpaired) electrons.